The van der Waals surface area contributed by atoms with E-state index in [1.54, 1.807) is 48.5 Å². The lowest BCUT2D eigenvalue weighted by Gasteiger charge is -2.23. The Morgan fingerprint density at radius 3 is 2.44 bits per heavy atom. The molecule has 1 fully saturated rings. The van der Waals surface area contributed by atoms with Gasteiger partial charge in [-0.1, -0.05) is 24.6 Å². The minimum absolute atomic E-state index is 0.0568. The molecule has 206 valence electrons. The zero-order chi connectivity index (χ0) is 28.0. The van der Waals surface area contributed by atoms with Gasteiger partial charge in [0.25, 0.3) is 5.91 Å². The van der Waals surface area contributed by atoms with Gasteiger partial charge in [0.1, 0.15) is 11.5 Å². The highest BCUT2D eigenvalue weighted by Gasteiger charge is 2.33. The van der Waals surface area contributed by atoms with Crippen molar-refractivity contribution in [2.45, 2.75) is 38.4 Å². The average molecular weight is 561 g/mol. The third-order valence-electron chi connectivity index (χ3n) is 6.39. The fourth-order valence-electron chi connectivity index (χ4n) is 4.40. The molecular formula is C28H28ClF3N4O3. The number of nitrogens with one attached hydrogen (secondary N) is 3. The van der Waals surface area contributed by atoms with E-state index in [1.807, 2.05) is 0 Å². The van der Waals surface area contributed by atoms with Crippen molar-refractivity contribution in [2.75, 3.05) is 23.8 Å². The van der Waals surface area contributed by atoms with Crippen LogP contribution in [0, 0.1) is 0 Å². The fourth-order valence-corrected chi connectivity index (χ4v) is 4.62. The first kappa shape index (κ1) is 28.3. The first-order chi connectivity index (χ1) is 18.6. The number of halogens is 4. The zero-order valence-corrected chi connectivity index (χ0v) is 21.9. The van der Waals surface area contributed by atoms with E-state index in [1.165, 1.54) is 6.07 Å². The number of hydrogen-bond donors (Lipinski definition) is 3. The Kier molecular flexibility index (Phi) is 8.98. The van der Waals surface area contributed by atoms with Crippen molar-refractivity contribution in [3.8, 4) is 11.5 Å². The second kappa shape index (κ2) is 12.4. The summed E-state index contributed by atoms with van der Waals surface area (Å²) in [6, 6.07) is 16.1. The van der Waals surface area contributed by atoms with Crippen LogP contribution in [0.25, 0.3) is 0 Å². The first-order valence-corrected chi connectivity index (χ1v) is 12.8. The Bertz CT molecular complexity index is 1320. The van der Waals surface area contributed by atoms with Gasteiger partial charge >= 0.3 is 12.2 Å². The summed E-state index contributed by atoms with van der Waals surface area (Å²) in [5.41, 5.74) is -0.226. The molecule has 0 radical (unpaired) electrons. The Morgan fingerprint density at radius 2 is 1.72 bits per heavy atom. The van der Waals surface area contributed by atoms with Gasteiger partial charge in [0.15, 0.2) is 0 Å². The van der Waals surface area contributed by atoms with Crippen LogP contribution < -0.4 is 20.7 Å². The summed E-state index contributed by atoms with van der Waals surface area (Å²) in [5.74, 6) is 0.751. The van der Waals surface area contributed by atoms with E-state index in [0.29, 0.717) is 35.5 Å². The maximum atomic E-state index is 13.0. The first-order valence-electron chi connectivity index (χ1n) is 12.5. The molecule has 0 aromatic heterocycles. The molecule has 4 rings (SSSR count). The molecule has 3 N–H and O–H groups in total. The maximum absolute atomic E-state index is 13.0. The number of urea groups is 1. The predicted octanol–water partition coefficient (Wildman–Crippen LogP) is 7.36. The smallest absolute Gasteiger partial charge is 0.417 e. The normalized spacial score (nSPS) is 15.6. The quantitative estimate of drug-likeness (QED) is 0.269. The van der Waals surface area contributed by atoms with Crippen molar-refractivity contribution in [1.82, 2.24) is 10.2 Å². The van der Waals surface area contributed by atoms with E-state index in [9.17, 15) is 22.8 Å². The number of benzene rings is 3. The molecule has 3 aromatic rings. The molecule has 0 saturated carbocycles. The minimum Gasteiger partial charge on any atom is -0.457 e. The lowest BCUT2D eigenvalue weighted by molar-refractivity contribution is -0.137. The summed E-state index contributed by atoms with van der Waals surface area (Å²) in [6.07, 6.45) is -1.29. The molecule has 11 heteroatoms. The van der Waals surface area contributed by atoms with Crippen molar-refractivity contribution in [3.63, 3.8) is 0 Å². The molecule has 3 aromatic carbocycles. The van der Waals surface area contributed by atoms with Crippen LogP contribution in [-0.2, 0) is 6.18 Å². The third-order valence-corrected chi connectivity index (χ3v) is 6.72. The minimum atomic E-state index is -4.64. The second-order valence-corrected chi connectivity index (χ2v) is 9.51. The molecule has 1 unspecified atom stereocenters. The van der Waals surface area contributed by atoms with Gasteiger partial charge in [-0.05, 0) is 79.9 Å². The molecule has 0 bridgehead atoms. The number of ether oxygens (including phenoxy) is 1. The van der Waals surface area contributed by atoms with E-state index in [-0.39, 0.29) is 11.6 Å². The van der Waals surface area contributed by atoms with Gasteiger partial charge in [0.2, 0.25) is 0 Å². The van der Waals surface area contributed by atoms with Crippen LogP contribution in [0.1, 0.15) is 42.1 Å². The van der Waals surface area contributed by atoms with Crippen molar-refractivity contribution in [2.24, 2.45) is 0 Å². The molecule has 0 aliphatic carbocycles. The van der Waals surface area contributed by atoms with Crippen LogP contribution in [0.5, 0.6) is 11.5 Å². The average Bonchev–Trinajstić information content (AvgIpc) is 3.37. The molecule has 1 atom stereocenters. The lowest BCUT2D eigenvalue weighted by Crippen LogP contribution is -2.40. The molecule has 1 saturated heterocycles. The monoisotopic (exact) mass is 560 g/mol. The lowest BCUT2D eigenvalue weighted by atomic mass is 10.2. The number of hydrogen-bond acceptors (Lipinski definition) is 4. The number of nitrogens with zero attached hydrogens (tertiary/aromatic N) is 1. The highest BCUT2D eigenvalue weighted by Crippen LogP contribution is 2.36. The summed E-state index contributed by atoms with van der Waals surface area (Å²) in [6.45, 7) is 3.64. The van der Waals surface area contributed by atoms with Crippen LogP contribution in [0.2, 0.25) is 5.02 Å². The van der Waals surface area contributed by atoms with Crippen LogP contribution in [0.15, 0.2) is 66.7 Å². The molecule has 1 aliphatic heterocycles. The number of anilines is 2. The molecule has 1 aliphatic rings. The topological polar surface area (TPSA) is 82.7 Å². The summed E-state index contributed by atoms with van der Waals surface area (Å²) >= 11 is 5.61. The van der Waals surface area contributed by atoms with Crippen molar-refractivity contribution < 1.29 is 27.5 Å². The third kappa shape index (κ3) is 7.64. The predicted molar refractivity (Wildman–Crippen MR) is 144 cm³/mol. The molecular weight excluding hydrogens is 533 g/mol. The Hall–Kier alpha value is -3.76. The van der Waals surface area contributed by atoms with E-state index >= 15 is 0 Å². The molecule has 39 heavy (non-hydrogen) atoms. The van der Waals surface area contributed by atoms with E-state index in [0.717, 1.165) is 37.9 Å². The van der Waals surface area contributed by atoms with Gasteiger partial charge in [0, 0.05) is 29.5 Å². The van der Waals surface area contributed by atoms with Gasteiger partial charge in [-0.3, -0.25) is 9.69 Å². The van der Waals surface area contributed by atoms with Gasteiger partial charge in [-0.2, -0.15) is 13.2 Å². The molecule has 1 heterocycles. The van der Waals surface area contributed by atoms with Crippen molar-refractivity contribution >= 4 is 34.9 Å². The van der Waals surface area contributed by atoms with Gasteiger partial charge in [-0.15, -0.1) is 0 Å². The second-order valence-electron chi connectivity index (χ2n) is 9.11. The summed E-state index contributed by atoms with van der Waals surface area (Å²) < 4.78 is 45.0. The number of amides is 3. The Balaban J connectivity index is 1.31. The summed E-state index contributed by atoms with van der Waals surface area (Å²) in [7, 11) is 0. The van der Waals surface area contributed by atoms with E-state index in [4.69, 9.17) is 16.3 Å². The largest absolute Gasteiger partial charge is 0.457 e. The number of carbonyl (C=O) groups excluding carboxylic acids is 2. The number of alkyl halides is 3. The van der Waals surface area contributed by atoms with E-state index in [2.05, 4.69) is 27.8 Å². The summed E-state index contributed by atoms with van der Waals surface area (Å²) in [4.78, 5) is 27.2. The molecule has 0 spiro atoms. The maximum Gasteiger partial charge on any atom is 0.417 e. The fraction of sp³-hybridized carbons (Fsp3) is 0.286. The molecule has 7 nitrogen and oxygen atoms in total. The summed E-state index contributed by atoms with van der Waals surface area (Å²) in [5, 5.41) is 7.42. The number of carbonyl (C=O) groups is 2. The number of rotatable bonds is 8. The van der Waals surface area contributed by atoms with Crippen molar-refractivity contribution in [3.05, 3.63) is 82.9 Å². The Labute approximate surface area is 229 Å². The van der Waals surface area contributed by atoms with Gasteiger partial charge < -0.3 is 20.7 Å². The van der Waals surface area contributed by atoms with Crippen LogP contribution in [-0.4, -0.2) is 36.1 Å². The van der Waals surface area contributed by atoms with Crippen LogP contribution >= 0.6 is 11.6 Å². The van der Waals surface area contributed by atoms with Crippen LogP contribution in [0.4, 0.5) is 29.3 Å². The highest BCUT2D eigenvalue weighted by molar-refractivity contribution is 6.31. The van der Waals surface area contributed by atoms with Gasteiger partial charge in [-0.25, -0.2) is 4.79 Å². The standard InChI is InChI=1S/C28H28ClF3N4O3/c1-2-21-6-4-14-36(21)17-33-26(37)18-5-3-7-23(15-18)39-22-11-8-19(9-12-22)34-27(38)35-20-10-13-25(29)24(16-20)28(30,31)32/h3,5,7-13,15-16,21H,2,4,6,14,17H2,1H3,(H,33,37)(H2,34,35,38). The SMILES string of the molecule is CCC1CCCN1CNC(=O)c1cccc(Oc2ccc(NC(=O)Nc3ccc(Cl)c(C(F)(F)F)c3)cc2)c1. The highest BCUT2D eigenvalue weighted by atomic mass is 35.5. The van der Waals surface area contributed by atoms with Crippen LogP contribution in [0.3, 0.4) is 0 Å². The Morgan fingerprint density at radius 1 is 1.00 bits per heavy atom. The van der Waals surface area contributed by atoms with Gasteiger partial charge in [0.05, 0.1) is 17.3 Å². The number of likely N-dealkylation sites (tertiary alicyclic amines) is 1. The zero-order valence-electron chi connectivity index (χ0n) is 21.1. The molecule has 3 amide bonds. The van der Waals surface area contributed by atoms with E-state index < -0.39 is 22.8 Å². The van der Waals surface area contributed by atoms with Crippen molar-refractivity contribution in [1.29, 1.82) is 0 Å².